The van der Waals surface area contributed by atoms with Crippen LogP contribution < -0.4 is 24.4 Å². The molecule has 0 saturated carbocycles. The third kappa shape index (κ3) is 3.91. The number of amides is 1. The maximum Gasteiger partial charge on any atom is 0.256 e. The maximum absolute atomic E-state index is 13.3. The van der Waals surface area contributed by atoms with E-state index in [1.807, 2.05) is 36.4 Å². The summed E-state index contributed by atoms with van der Waals surface area (Å²) in [5, 5.41) is 4.34. The molecule has 0 fully saturated rings. The van der Waals surface area contributed by atoms with Crippen LogP contribution in [0.15, 0.2) is 42.5 Å². The van der Waals surface area contributed by atoms with Crippen molar-refractivity contribution < 1.29 is 19.0 Å². The van der Waals surface area contributed by atoms with E-state index in [0.29, 0.717) is 18.0 Å². The zero-order chi connectivity index (χ0) is 22.9. The standard InChI is InChI=1S/C26H28N2O4S/c1-30-18-11-9-17(10-12-18)24-27-25(29)23-19-6-4-5-7-22(19)33-26(23)28(24)15-16-8-13-20(31-2)21(14-16)32-3/h8-14,24H,4-7,15H2,1-3H3,(H,27,29)/t24-/m0/s1. The Bertz CT molecular complexity index is 1170. The molecule has 0 bridgehead atoms. The monoisotopic (exact) mass is 464 g/mol. The van der Waals surface area contributed by atoms with Crippen LogP contribution in [0.3, 0.4) is 0 Å². The van der Waals surface area contributed by atoms with Crippen LogP contribution in [0.25, 0.3) is 0 Å². The molecule has 5 rings (SSSR count). The predicted octanol–water partition coefficient (Wildman–Crippen LogP) is 5.10. The number of fused-ring (bicyclic) bond motifs is 3. The highest BCUT2D eigenvalue weighted by molar-refractivity contribution is 7.16. The molecule has 1 aliphatic heterocycles. The van der Waals surface area contributed by atoms with Crippen molar-refractivity contribution in [3.63, 3.8) is 0 Å². The highest BCUT2D eigenvalue weighted by atomic mass is 32.1. The van der Waals surface area contributed by atoms with Gasteiger partial charge in [0.15, 0.2) is 11.5 Å². The van der Waals surface area contributed by atoms with Gasteiger partial charge in [0.05, 0.1) is 26.9 Å². The molecule has 1 atom stereocenters. The largest absolute Gasteiger partial charge is 0.497 e. The lowest BCUT2D eigenvalue weighted by molar-refractivity contribution is 0.0925. The number of aryl methyl sites for hydroxylation is 1. The molecule has 0 spiro atoms. The van der Waals surface area contributed by atoms with Crippen molar-refractivity contribution >= 4 is 22.2 Å². The van der Waals surface area contributed by atoms with Gasteiger partial charge in [-0.3, -0.25) is 4.79 Å². The number of rotatable bonds is 6. The topological polar surface area (TPSA) is 60.0 Å². The maximum atomic E-state index is 13.3. The average molecular weight is 465 g/mol. The highest BCUT2D eigenvalue weighted by Gasteiger charge is 2.37. The summed E-state index contributed by atoms with van der Waals surface area (Å²) in [6.07, 6.45) is 4.08. The molecule has 3 aromatic rings. The van der Waals surface area contributed by atoms with E-state index in [2.05, 4.69) is 16.3 Å². The number of hydrogen-bond acceptors (Lipinski definition) is 6. The molecular formula is C26H28N2O4S. The van der Waals surface area contributed by atoms with E-state index in [4.69, 9.17) is 14.2 Å². The molecule has 0 unspecified atom stereocenters. The van der Waals surface area contributed by atoms with Crippen LogP contribution in [0.2, 0.25) is 0 Å². The number of benzene rings is 2. The van der Waals surface area contributed by atoms with Gasteiger partial charge < -0.3 is 24.4 Å². The van der Waals surface area contributed by atoms with Crippen molar-refractivity contribution in [2.45, 2.75) is 38.4 Å². The number of thiophene rings is 1. The average Bonchev–Trinajstić information content (AvgIpc) is 3.26. The lowest BCUT2D eigenvalue weighted by Gasteiger charge is -2.38. The molecule has 1 N–H and O–H groups in total. The molecule has 0 radical (unpaired) electrons. The molecule has 6 nitrogen and oxygen atoms in total. The summed E-state index contributed by atoms with van der Waals surface area (Å²) in [4.78, 5) is 17.0. The lowest BCUT2D eigenvalue weighted by atomic mass is 9.94. The van der Waals surface area contributed by atoms with Gasteiger partial charge in [-0.05, 0) is 66.6 Å². The number of ether oxygens (including phenoxy) is 3. The van der Waals surface area contributed by atoms with Gasteiger partial charge >= 0.3 is 0 Å². The molecule has 1 aromatic heterocycles. The second kappa shape index (κ2) is 8.98. The van der Waals surface area contributed by atoms with Crippen molar-refractivity contribution in [1.29, 1.82) is 0 Å². The Labute approximate surface area is 198 Å². The SMILES string of the molecule is COc1ccc([C@H]2NC(=O)c3c(sc4c3CCCC4)N2Cc2ccc(OC)c(OC)c2)cc1. The van der Waals surface area contributed by atoms with Gasteiger partial charge in [0, 0.05) is 11.4 Å². The third-order valence-electron chi connectivity index (χ3n) is 6.45. The van der Waals surface area contributed by atoms with Crippen LogP contribution in [0.4, 0.5) is 5.00 Å². The van der Waals surface area contributed by atoms with Gasteiger partial charge in [-0.1, -0.05) is 18.2 Å². The quantitative estimate of drug-likeness (QED) is 0.550. The summed E-state index contributed by atoms with van der Waals surface area (Å²) in [6.45, 7) is 0.629. The molecule has 1 amide bonds. The van der Waals surface area contributed by atoms with Crippen LogP contribution in [0.5, 0.6) is 17.2 Å². The zero-order valence-corrected chi connectivity index (χ0v) is 20.0. The smallest absolute Gasteiger partial charge is 0.256 e. The van der Waals surface area contributed by atoms with Gasteiger partial charge in [0.2, 0.25) is 0 Å². The molecule has 2 aliphatic rings. The first kappa shape index (κ1) is 21.6. The van der Waals surface area contributed by atoms with Gasteiger partial charge in [-0.25, -0.2) is 0 Å². The van der Waals surface area contributed by atoms with E-state index >= 15 is 0 Å². The van der Waals surface area contributed by atoms with Gasteiger partial charge in [-0.15, -0.1) is 11.3 Å². The van der Waals surface area contributed by atoms with E-state index in [1.54, 1.807) is 32.7 Å². The number of methoxy groups -OCH3 is 3. The first-order valence-corrected chi connectivity index (χ1v) is 12.0. The van der Waals surface area contributed by atoms with Gasteiger partial charge in [-0.2, -0.15) is 0 Å². The fourth-order valence-corrected chi connectivity index (χ4v) is 6.18. The van der Waals surface area contributed by atoms with Crippen LogP contribution in [0, 0.1) is 0 Å². The Morgan fingerprint density at radius 1 is 0.970 bits per heavy atom. The Morgan fingerprint density at radius 2 is 1.73 bits per heavy atom. The summed E-state index contributed by atoms with van der Waals surface area (Å²) < 4.78 is 16.3. The summed E-state index contributed by atoms with van der Waals surface area (Å²) in [5.74, 6) is 2.21. The van der Waals surface area contributed by atoms with E-state index in [1.165, 1.54) is 16.9 Å². The second-order valence-electron chi connectivity index (χ2n) is 8.36. The Morgan fingerprint density at radius 3 is 2.45 bits per heavy atom. The fourth-order valence-electron chi connectivity index (χ4n) is 4.77. The van der Waals surface area contributed by atoms with E-state index < -0.39 is 0 Å². The van der Waals surface area contributed by atoms with Crippen molar-refractivity contribution in [2.75, 3.05) is 26.2 Å². The number of nitrogens with zero attached hydrogens (tertiary/aromatic N) is 1. The van der Waals surface area contributed by atoms with Crippen molar-refractivity contribution in [2.24, 2.45) is 0 Å². The predicted molar refractivity (Wildman–Crippen MR) is 130 cm³/mol. The molecule has 1 aliphatic carbocycles. The zero-order valence-electron chi connectivity index (χ0n) is 19.1. The van der Waals surface area contributed by atoms with Crippen molar-refractivity contribution in [3.8, 4) is 17.2 Å². The lowest BCUT2D eigenvalue weighted by Crippen LogP contribution is -2.45. The molecule has 7 heteroatoms. The Balaban J connectivity index is 1.59. The molecule has 2 aromatic carbocycles. The first-order valence-electron chi connectivity index (χ1n) is 11.2. The number of nitrogens with one attached hydrogen (secondary N) is 1. The second-order valence-corrected chi connectivity index (χ2v) is 9.44. The summed E-state index contributed by atoms with van der Waals surface area (Å²) in [5.41, 5.74) is 4.20. The third-order valence-corrected chi connectivity index (χ3v) is 7.78. The first-order chi connectivity index (χ1) is 16.1. The number of carbonyl (C=O) groups is 1. The van der Waals surface area contributed by atoms with E-state index in [9.17, 15) is 4.79 Å². The molecule has 0 saturated heterocycles. The molecule has 33 heavy (non-hydrogen) atoms. The minimum Gasteiger partial charge on any atom is -0.497 e. The fraction of sp³-hybridized carbons (Fsp3) is 0.346. The van der Waals surface area contributed by atoms with Gasteiger partial charge in [0.1, 0.15) is 16.9 Å². The van der Waals surface area contributed by atoms with Crippen LogP contribution in [-0.4, -0.2) is 27.2 Å². The molecule has 172 valence electrons. The summed E-state index contributed by atoms with van der Waals surface area (Å²) in [6, 6.07) is 13.9. The van der Waals surface area contributed by atoms with Gasteiger partial charge in [0.25, 0.3) is 5.91 Å². The Hall–Kier alpha value is -3.19. The van der Waals surface area contributed by atoms with Crippen LogP contribution in [0.1, 0.15) is 50.9 Å². The molecular weight excluding hydrogens is 436 g/mol. The normalized spacial score (nSPS) is 17.1. The number of anilines is 1. The van der Waals surface area contributed by atoms with E-state index in [0.717, 1.165) is 46.7 Å². The van der Waals surface area contributed by atoms with Crippen LogP contribution in [-0.2, 0) is 19.4 Å². The Kier molecular flexibility index (Phi) is 5.89. The van der Waals surface area contributed by atoms with Crippen molar-refractivity contribution in [3.05, 3.63) is 69.6 Å². The molecule has 2 heterocycles. The number of carbonyl (C=O) groups excluding carboxylic acids is 1. The highest BCUT2D eigenvalue weighted by Crippen LogP contribution is 2.46. The number of hydrogen-bond donors (Lipinski definition) is 1. The van der Waals surface area contributed by atoms with Crippen LogP contribution >= 0.6 is 11.3 Å². The minimum absolute atomic E-state index is 0.0220. The summed E-state index contributed by atoms with van der Waals surface area (Å²) >= 11 is 1.78. The summed E-state index contributed by atoms with van der Waals surface area (Å²) in [7, 11) is 4.94. The van der Waals surface area contributed by atoms with E-state index in [-0.39, 0.29) is 12.1 Å². The van der Waals surface area contributed by atoms with Crippen molar-refractivity contribution in [1.82, 2.24) is 5.32 Å². The minimum atomic E-state index is -0.274.